The Morgan fingerprint density at radius 2 is 1.90 bits per heavy atom. The van der Waals surface area contributed by atoms with E-state index in [2.05, 4.69) is 15.6 Å². The van der Waals surface area contributed by atoms with Crippen LogP contribution >= 0.6 is 22.1 Å². The summed E-state index contributed by atoms with van der Waals surface area (Å²) < 4.78 is 22.4. The van der Waals surface area contributed by atoms with Gasteiger partial charge >= 0.3 is 12.1 Å². The molecule has 15 heteroatoms. The quantitative estimate of drug-likeness (QED) is 0.221. The molecule has 4 rings (SSSR count). The molecule has 1 aromatic heterocycles. The molecular formula is C33H37N3O9S3. The lowest BCUT2D eigenvalue weighted by Gasteiger charge is -2.36. The molecule has 2 bridgehead atoms. The van der Waals surface area contributed by atoms with Crippen LogP contribution in [0.3, 0.4) is 0 Å². The predicted molar refractivity (Wildman–Crippen MR) is 183 cm³/mol. The van der Waals surface area contributed by atoms with Crippen molar-refractivity contribution in [2.45, 2.75) is 75.6 Å². The maximum absolute atomic E-state index is 13.4. The SMILES string of the molecule is C/C1=C\[C@@H](OC(=O)CCNC(=O)OCc2ccccc2)C(=O)/C=C/C=C\c2csc(n2)[C@H](C)NC(=O)C[C@@]2(CC1)S(=O)SC(=O)[C@]2(C)O. The fourth-order valence-electron chi connectivity index (χ4n) is 4.97. The Hall–Kier alpha value is -3.92. The third-order valence-electron chi connectivity index (χ3n) is 7.84. The molecule has 2 amide bonds. The lowest BCUT2D eigenvalue weighted by molar-refractivity contribution is -0.150. The van der Waals surface area contributed by atoms with Gasteiger partial charge in [0, 0.05) is 29.1 Å². The average Bonchev–Trinajstić information content (AvgIpc) is 3.58. The monoisotopic (exact) mass is 715 g/mol. The van der Waals surface area contributed by atoms with Crippen LogP contribution in [-0.2, 0) is 45.1 Å². The van der Waals surface area contributed by atoms with Crippen molar-refractivity contribution in [2.75, 3.05) is 6.54 Å². The van der Waals surface area contributed by atoms with Crippen LogP contribution in [0.4, 0.5) is 4.79 Å². The van der Waals surface area contributed by atoms with Crippen molar-refractivity contribution in [2.24, 2.45) is 0 Å². The molecule has 48 heavy (non-hydrogen) atoms. The van der Waals surface area contributed by atoms with Crippen molar-refractivity contribution >= 4 is 66.9 Å². The van der Waals surface area contributed by atoms with Gasteiger partial charge in [-0.05, 0) is 57.4 Å². The van der Waals surface area contributed by atoms with Crippen LogP contribution in [0.5, 0.6) is 0 Å². The molecule has 1 unspecified atom stereocenters. The Kier molecular flexibility index (Phi) is 12.7. The number of amides is 2. The van der Waals surface area contributed by atoms with Gasteiger partial charge in [0.2, 0.25) is 11.0 Å². The number of benzene rings is 1. The lowest BCUT2D eigenvalue weighted by atomic mass is 9.81. The zero-order chi connectivity index (χ0) is 34.9. The molecule has 2 aliphatic rings. The Bertz CT molecular complexity index is 1650. The van der Waals surface area contributed by atoms with Gasteiger partial charge < -0.3 is 25.2 Å². The van der Waals surface area contributed by atoms with Gasteiger partial charge in [0.1, 0.15) is 22.0 Å². The van der Waals surface area contributed by atoms with Gasteiger partial charge in [0.15, 0.2) is 11.9 Å². The molecule has 3 heterocycles. The summed E-state index contributed by atoms with van der Waals surface area (Å²) in [4.78, 5) is 68.5. The van der Waals surface area contributed by atoms with E-state index in [-0.39, 0.29) is 32.4 Å². The van der Waals surface area contributed by atoms with Gasteiger partial charge in [-0.15, -0.1) is 11.3 Å². The molecule has 256 valence electrons. The van der Waals surface area contributed by atoms with Gasteiger partial charge in [0.05, 0.1) is 28.0 Å². The van der Waals surface area contributed by atoms with Crippen molar-refractivity contribution in [1.29, 1.82) is 0 Å². The third-order valence-corrected chi connectivity index (χ3v) is 12.8. The van der Waals surface area contributed by atoms with E-state index in [0.717, 1.165) is 5.56 Å². The number of hydrogen-bond acceptors (Lipinski definition) is 12. The molecule has 0 saturated carbocycles. The number of carbonyl (C=O) groups is 5. The number of fused-ring (bicyclic) bond motifs is 2. The fraction of sp³-hybridized carbons (Fsp3) is 0.394. The molecule has 3 N–H and O–H groups in total. The second-order valence-corrected chi connectivity index (χ2v) is 15.6. The number of ether oxygens (including phenoxy) is 2. The van der Waals surface area contributed by atoms with Crippen LogP contribution in [-0.4, -0.2) is 66.2 Å². The average molecular weight is 716 g/mol. The Morgan fingerprint density at radius 3 is 2.60 bits per heavy atom. The first-order chi connectivity index (χ1) is 22.8. The summed E-state index contributed by atoms with van der Waals surface area (Å²) in [7, 11) is -1.46. The molecule has 1 saturated heterocycles. The van der Waals surface area contributed by atoms with Crippen molar-refractivity contribution in [3.8, 4) is 0 Å². The van der Waals surface area contributed by atoms with E-state index in [1.165, 1.54) is 36.5 Å². The topological polar surface area (TPSA) is 178 Å². The molecule has 0 radical (unpaired) electrons. The lowest BCUT2D eigenvalue weighted by Crippen LogP contribution is -2.55. The highest BCUT2D eigenvalue weighted by molar-refractivity contribution is 8.76. The summed E-state index contributed by atoms with van der Waals surface area (Å²) >= 11 is 1.31. The number of nitrogens with zero attached hydrogens (tertiary/aromatic N) is 1. The van der Waals surface area contributed by atoms with Crippen molar-refractivity contribution in [3.63, 3.8) is 0 Å². The summed E-state index contributed by atoms with van der Waals surface area (Å²) in [5.74, 6) is -1.82. The van der Waals surface area contributed by atoms with E-state index >= 15 is 0 Å². The number of aliphatic hydroxyl groups is 1. The Balaban J connectivity index is 1.51. The molecule has 2 aliphatic heterocycles. The minimum Gasteiger partial charge on any atom is -0.450 e. The number of alkyl carbamates (subject to hydrolysis) is 1. The Morgan fingerprint density at radius 1 is 1.17 bits per heavy atom. The number of carbonyl (C=O) groups excluding carboxylic acids is 5. The highest BCUT2D eigenvalue weighted by Crippen LogP contribution is 2.50. The van der Waals surface area contributed by atoms with Crippen LogP contribution in [0.2, 0.25) is 0 Å². The van der Waals surface area contributed by atoms with Gasteiger partial charge in [0.25, 0.3) is 0 Å². The van der Waals surface area contributed by atoms with E-state index in [0.29, 0.717) is 27.1 Å². The smallest absolute Gasteiger partial charge is 0.407 e. The highest BCUT2D eigenvalue weighted by Gasteiger charge is 2.63. The first-order valence-electron chi connectivity index (χ1n) is 15.1. The molecule has 2 aromatic rings. The fourth-order valence-corrected chi connectivity index (χ4v) is 9.71. The number of hydrogen-bond donors (Lipinski definition) is 3. The van der Waals surface area contributed by atoms with Crippen molar-refractivity contribution in [3.05, 3.63) is 81.9 Å². The maximum Gasteiger partial charge on any atom is 0.407 e. The standard InChI is InChI=1S/C33H37N3O9S3/c1-21-13-15-33(32(3,42)30(40)47-48(33)43)18-27(38)35-22(2)29-36-24(20-46-29)11-7-8-12-25(37)26(17-21)45-28(39)14-16-34-31(41)44-19-23-9-5-4-6-10-23/h4-12,17,20,22,26,42H,13-16,18-19H2,1-3H3,(H,34,41)(H,35,38)/b11-7-,12-8+,21-17+/t22-,26+,32-,33+,48?/m0/s1. The number of thiazole rings is 1. The third kappa shape index (κ3) is 9.36. The van der Waals surface area contributed by atoms with Gasteiger partial charge in [-0.2, -0.15) is 0 Å². The van der Waals surface area contributed by atoms with Gasteiger partial charge in [-0.25, -0.2) is 14.0 Å². The number of nitrogens with one attached hydrogen (secondary N) is 2. The maximum atomic E-state index is 13.4. The molecule has 1 spiro atoms. The van der Waals surface area contributed by atoms with E-state index < -0.39 is 67.6 Å². The summed E-state index contributed by atoms with van der Waals surface area (Å²) in [6.45, 7) is 4.64. The minimum absolute atomic E-state index is 0.0423. The van der Waals surface area contributed by atoms with Crippen LogP contribution in [0, 0.1) is 0 Å². The summed E-state index contributed by atoms with van der Waals surface area (Å²) in [6, 6.07) is 8.59. The summed E-state index contributed by atoms with van der Waals surface area (Å²) in [5.41, 5.74) is -0.160. The number of ketones is 1. The summed E-state index contributed by atoms with van der Waals surface area (Å²) in [5, 5.41) is 18.3. The van der Waals surface area contributed by atoms with Gasteiger partial charge in [-0.1, -0.05) is 48.1 Å². The second kappa shape index (κ2) is 16.5. The van der Waals surface area contributed by atoms with Crippen molar-refractivity contribution < 1.29 is 42.8 Å². The number of allylic oxidation sites excluding steroid dienone is 3. The van der Waals surface area contributed by atoms with Gasteiger partial charge in [-0.3, -0.25) is 19.2 Å². The molecule has 0 aliphatic carbocycles. The van der Waals surface area contributed by atoms with Crippen LogP contribution in [0.15, 0.2) is 65.6 Å². The molecule has 5 atom stereocenters. The normalized spacial score (nSPS) is 29.1. The van der Waals surface area contributed by atoms with E-state index in [1.54, 1.807) is 43.5 Å². The highest BCUT2D eigenvalue weighted by atomic mass is 33.1. The number of rotatable bonds is 6. The van der Waals surface area contributed by atoms with E-state index in [9.17, 15) is 33.3 Å². The van der Waals surface area contributed by atoms with Crippen LogP contribution < -0.4 is 10.6 Å². The minimum atomic E-state index is -2.08. The zero-order valence-corrected chi connectivity index (χ0v) is 29.1. The van der Waals surface area contributed by atoms with E-state index in [4.69, 9.17) is 9.47 Å². The largest absolute Gasteiger partial charge is 0.450 e. The van der Waals surface area contributed by atoms with Crippen LogP contribution in [0.1, 0.15) is 68.8 Å². The molecule has 1 fully saturated rings. The summed E-state index contributed by atoms with van der Waals surface area (Å²) in [6.07, 6.45) is 4.82. The van der Waals surface area contributed by atoms with Crippen molar-refractivity contribution in [1.82, 2.24) is 15.6 Å². The zero-order valence-electron chi connectivity index (χ0n) is 26.6. The number of esters is 1. The first kappa shape index (κ1) is 36.9. The van der Waals surface area contributed by atoms with E-state index in [1.807, 2.05) is 18.2 Å². The van der Waals surface area contributed by atoms with Crippen LogP contribution in [0.25, 0.3) is 6.08 Å². The Labute approximate surface area is 288 Å². The molecule has 12 nitrogen and oxygen atoms in total. The molecule has 1 aromatic carbocycles. The molecular weight excluding hydrogens is 679 g/mol. The number of aromatic nitrogens is 1. The second-order valence-electron chi connectivity index (χ2n) is 11.5. The predicted octanol–water partition coefficient (Wildman–Crippen LogP) is 4.24. The first-order valence-corrected chi connectivity index (χ1v) is 18.5.